The highest BCUT2D eigenvalue weighted by atomic mass is 16.4. The van der Waals surface area contributed by atoms with Crippen LogP contribution in [0, 0.1) is 0 Å². The SMILES string of the molecule is NCC(O)c1occc(=O)c1O. The van der Waals surface area contributed by atoms with Crippen molar-refractivity contribution in [3.63, 3.8) is 0 Å². The summed E-state index contributed by atoms with van der Waals surface area (Å²) in [6.07, 6.45) is -0.0464. The predicted molar refractivity (Wildman–Crippen MR) is 40.7 cm³/mol. The van der Waals surface area contributed by atoms with E-state index in [1.165, 1.54) is 0 Å². The third-order valence-electron chi connectivity index (χ3n) is 1.41. The molecule has 0 aliphatic carbocycles. The van der Waals surface area contributed by atoms with E-state index in [0.717, 1.165) is 12.3 Å². The van der Waals surface area contributed by atoms with Gasteiger partial charge in [0.2, 0.25) is 11.2 Å². The number of nitrogens with two attached hydrogens (primary N) is 1. The summed E-state index contributed by atoms with van der Waals surface area (Å²) in [5.41, 5.74) is 4.51. The summed E-state index contributed by atoms with van der Waals surface area (Å²) in [4.78, 5) is 10.8. The van der Waals surface area contributed by atoms with Crippen LogP contribution in [0.4, 0.5) is 0 Å². The molecule has 0 fully saturated rings. The topological polar surface area (TPSA) is 96.7 Å². The van der Waals surface area contributed by atoms with E-state index in [1.54, 1.807) is 0 Å². The second-order valence-electron chi connectivity index (χ2n) is 2.25. The van der Waals surface area contributed by atoms with Gasteiger partial charge in [0.1, 0.15) is 6.10 Å². The van der Waals surface area contributed by atoms with Crippen molar-refractivity contribution < 1.29 is 14.6 Å². The van der Waals surface area contributed by atoms with Gasteiger partial charge in [-0.1, -0.05) is 0 Å². The molecule has 1 atom stereocenters. The van der Waals surface area contributed by atoms with E-state index in [4.69, 9.17) is 20.4 Å². The molecule has 1 aromatic rings. The monoisotopic (exact) mass is 171 g/mol. The molecule has 0 saturated carbocycles. The van der Waals surface area contributed by atoms with Crippen molar-refractivity contribution >= 4 is 0 Å². The van der Waals surface area contributed by atoms with Gasteiger partial charge in [-0.15, -0.1) is 0 Å². The van der Waals surface area contributed by atoms with Crippen molar-refractivity contribution in [2.45, 2.75) is 6.10 Å². The molecule has 1 heterocycles. The highest BCUT2D eigenvalue weighted by Gasteiger charge is 2.15. The van der Waals surface area contributed by atoms with Crippen LogP contribution in [0.5, 0.6) is 5.75 Å². The molecular formula is C7H9NO4. The highest BCUT2D eigenvalue weighted by molar-refractivity contribution is 5.24. The number of aliphatic hydroxyl groups excluding tert-OH is 1. The second-order valence-corrected chi connectivity index (χ2v) is 2.25. The number of aliphatic hydroxyl groups is 1. The Morgan fingerprint density at radius 3 is 2.92 bits per heavy atom. The van der Waals surface area contributed by atoms with Gasteiger partial charge in [0.25, 0.3) is 0 Å². The molecule has 0 bridgehead atoms. The lowest BCUT2D eigenvalue weighted by Crippen LogP contribution is -2.14. The van der Waals surface area contributed by atoms with Crippen molar-refractivity contribution in [3.8, 4) is 5.75 Å². The number of aromatic hydroxyl groups is 1. The van der Waals surface area contributed by atoms with Crippen LogP contribution in [0.3, 0.4) is 0 Å². The Labute approximate surface area is 68.1 Å². The van der Waals surface area contributed by atoms with Gasteiger partial charge in [-0.2, -0.15) is 0 Å². The minimum Gasteiger partial charge on any atom is -0.502 e. The van der Waals surface area contributed by atoms with Crippen LogP contribution in [-0.4, -0.2) is 16.8 Å². The number of rotatable bonds is 2. The zero-order valence-corrected chi connectivity index (χ0v) is 6.23. The van der Waals surface area contributed by atoms with Crippen molar-refractivity contribution in [1.82, 2.24) is 0 Å². The first kappa shape index (κ1) is 8.76. The first-order chi connectivity index (χ1) is 5.66. The largest absolute Gasteiger partial charge is 0.502 e. The first-order valence-corrected chi connectivity index (χ1v) is 3.35. The minimum atomic E-state index is -1.14. The summed E-state index contributed by atoms with van der Waals surface area (Å²) in [5.74, 6) is -0.777. The van der Waals surface area contributed by atoms with Crippen LogP contribution in [-0.2, 0) is 0 Å². The maximum absolute atomic E-state index is 10.8. The fraction of sp³-hybridized carbons (Fsp3) is 0.286. The molecule has 1 unspecified atom stereocenters. The van der Waals surface area contributed by atoms with Gasteiger partial charge in [0.15, 0.2) is 5.76 Å². The van der Waals surface area contributed by atoms with Crippen molar-refractivity contribution in [2.24, 2.45) is 5.73 Å². The third-order valence-corrected chi connectivity index (χ3v) is 1.41. The normalized spacial score (nSPS) is 12.8. The van der Waals surface area contributed by atoms with E-state index in [2.05, 4.69) is 0 Å². The Morgan fingerprint density at radius 2 is 2.33 bits per heavy atom. The molecule has 66 valence electrons. The van der Waals surface area contributed by atoms with E-state index < -0.39 is 17.3 Å². The molecule has 12 heavy (non-hydrogen) atoms. The van der Waals surface area contributed by atoms with E-state index in [1.807, 2.05) is 0 Å². The molecule has 0 aliphatic rings. The van der Waals surface area contributed by atoms with Crippen LogP contribution in [0.15, 0.2) is 21.5 Å². The Balaban J connectivity index is 3.16. The first-order valence-electron chi connectivity index (χ1n) is 3.35. The molecule has 1 aromatic heterocycles. The summed E-state index contributed by atoms with van der Waals surface area (Å²) >= 11 is 0. The standard InChI is InChI=1S/C7H9NO4/c8-3-5(10)7-6(11)4(9)1-2-12-7/h1-2,5,10-11H,3,8H2. The number of hydrogen-bond acceptors (Lipinski definition) is 5. The number of hydrogen-bond donors (Lipinski definition) is 3. The predicted octanol–water partition coefficient (Wildman–Crippen LogP) is -0.663. The van der Waals surface area contributed by atoms with Crippen LogP contribution in [0.2, 0.25) is 0 Å². The average Bonchev–Trinajstić information content (AvgIpc) is 2.08. The van der Waals surface area contributed by atoms with Gasteiger partial charge >= 0.3 is 0 Å². The molecule has 0 radical (unpaired) electrons. The second kappa shape index (κ2) is 3.38. The van der Waals surface area contributed by atoms with Gasteiger partial charge in [-0.25, -0.2) is 0 Å². The summed E-state index contributed by atoms with van der Waals surface area (Å²) < 4.78 is 4.71. The molecule has 0 aromatic carbocycles. The van der Waals surface area contributed by atoms with Crippen LogP contribution in [0.25, 0.3) is 0 Å². The Bertz CT molecular complexity index is 319. The van der Waals surface area contributed by atoms with E-state index in [-0.39, 0.29) is 12.3 Å². The minimum absolute atomic E-state index is 0.111. The Kier molecular flexibility index (Phi) is 2.47. The molecular weight excluding hydrogens is 162 g/mol. The smallest absolute Gasteiger partial charge is 0.226 e. The molecule has 1 rings (SSSR count). The maximum atomic E-state index is 10.8. The Morgan fingerprint density at radius 1 is 1.67 bits per heavy atom. The van der Waals surface area contributed by atoms with Crippen LogP contribution >= 0.6 is 0 Å². The lowest BCUT2D eigenvalue weighted by molar-refractivity contribution is 0.149. The quantitative estimate of drug-likeness (QED) is 0.548. The van der Waals surface area contributed by atoms with Gasteiger partial charge in [0.05, 0.1) is 6.26 Å². The fourth-order valence-electron chi connectivity index (χ4n) is 0.769. The zero-order valence-electron chi connectivity index (χ0n) is 6.23. The van der Waals surface area contributed by atoms with Crippen molar-refractivity contribution in [3.05, 3.63) is 28.3 Å². The molecule has 5 nitrogen and oxygen atoms in total. The van der Waals surface area contributed by atoms with Crippen LogP contribution < -0.4 is 11.2 Å². The van der Waals surface area contributed by atoms with Gasteiger partial charge in [-0.05, 0) is 0 Å². The summed E-state index contributed by atoms with van der Waals surface area (Å²) in [5, 5.41) is 18.2. The van der Waals surface area contributed by atoms with Crippen molar-refractivity contribution in [1.29, 1.82) is 0 Å². The van der Waals surface area contributed by atoms with Gasteiger partial charge < -0.3 is 20.4 Å². The molecule has 4 N–H and O–H groups in total. The summed E-state index contributed by atoms with van der Waals surface area (Å²) in [6.45, 7) is -0.111. The average molecular weight is 171 g/mol. The molecule has 5 heteroatoms. The van der Waals surface area contributed by atoms with Crippen molar-refractivity contribution in [2.75, 3.05) is 6.54 Å². The molecule has 0 saturated heterocycles. The summed E-state index contributed by atoms with van der Waals surface area (Å²) in [7, 11) is 0. The van der Waals surface area contributed by atoms with Gasteiger partial charge in [-0.3, -0.25) is 4.79 Å². The maximum Gasteiger partial charge on any atom is 0.226 e. The van der Waals surface area contributed by atoms with E-state index in [0.29, 0.717) is 0 Å². The molecule has 0 amide bonds. The molecule has 0 spiro atoms. The highest BCUT2D eigenvalue weighted by Crippen LogP contribution is 2.18. The lowest BCUT2D eigenvalue weighted by Gasteiger charge is -2.06. The van der Waals surface area contributed by atoms with Gasteiger partial charge in [0, 0.05) is 12.6 Å². The van der Waals surface area contributed by atoms with E-state index in [9.17, 15) is 4.79 Å². The lowest BCUT2D eigenvalue weighted by atomic mass is 10.2. The molecule has 0 aliphatic heterocycles. The summed E-state index contributed by atoms with van der Waals surface area (Å²) in [6, 6.07) is 1.06. The zero-order chi connectivity index (χ0) is 9.14. The Hall–Kier alpha value is -1.33. The third kappa shape index (κ3) is 1.46. The fourth-order valence-corrected chi connectivity index (χ4v) is 0.769. The van der Waals surface area contributed by atoms with Crippen LogP contribution in [0.1, 0.15) is 11.9 Å². The van der Waals surface area contributed by atoms with E-state index >= 15 is 0 Å².